The summed E-state index contributed by atoms with van der Waals surface area (Å²) in [5.74, 6) is 2.07. The number of guanidine groups is 1. The molecule has 1 aromatic rings. The van der Waals surface area contributed by atoms with Crippen molar-refractivity contribution in [3.8, 4) is 0 Å². The summed E-state index contributed by atoms with van der Waals surface area (Å²) in [6, 6.07) is 7.11. The Balaban J connectivity index is 0.00000392. The number of hydrogen-bond donors (Lipinski definition) is 2. The van der Waals surface area contributed by atoms with Gasteiger partial charge in [0.2, 0.25) is 10.0 Å². The van der Waals surface area contributed by atoms with Crippen molar-refractivity contribution in [1.29, 1.82) is 0 Å². The molecule has 1 saturated heterocycles. The van der Waals surface area contributed by atoms with Crippen LogP contribution in [0.5, 0.6) is 0 Å². The van der Waals surface area contributed by atoms with Crippen molar-refractivity contribution in [2.24, 2.45) is 16.8 Å². The van der Waals surface area contributed by atoms with E-state index in [1.807, 2.05) is 32.9 Å². The number of hydrogen-bond acceptors (Lipinski definition) is 3. The lowest BCUT2D eigenvalue weighted by molar-refractivity contribution is 0.208. The first-order valence-corrected chi connectivity index (χ1v) is 11.1. The summed E-state index contributed by atoms with van der Waals surface area (Å²) in [6.45, 7) is 12.4. The molecule has 1 aliphatic heterocycles. The smallest absolute Gasteiger partial charge is 0.241 e. The molecule has 160 valence electrons. The van der Waals surface area contributed by atoms with Crippen LogP contribution in [-0.2, 0) is 16.6 Å². The molecule has 2 rings (SSSR count). The highest BCUT2D eigenvalue weighted by atomic mass is 127. The van der Waals surface area contributed by atoms with E-state index in [0.29, 0.717) is 23.3 Å². The molecule has 8 heteroatoms. The van der Waals surface area contributed by atoms with Crippen LogP contribution in [0.3, 0.4) is 0 Å². The van der Waals surface area contributed by atoms with E-state index >= 15 is 0 Å². The zero-order valence-electron chi connectivity index (χ0n) is 17.8. The normalized spacial score (nSPS) is 21.2. The third-order valence-electron chi connectivity index (χ3n) is 4.52. The maximum Gasteiger partial charge on any atom is 0.241 e. The number of piperidine rings is 1. The van der Waals surface area contributed by atoms with E-state index in [4.69, 9.17) is 0 Å². The summed E-state index contributed by atoms with van der Waals surface area (Å²) in [7, 11) is -1.82. The molecule has 1 heterocycles. The maximum absolute atomic E-state index is 12.8. The van der Waals surface area contributed by atoms with Gasteiger partial charge in [-0.3, -0.25) is 4.99 Å². The molecular formula is C20H35IN4O2S. The van der Waals surface area contributed by atoms with Gasteiger partial charge in [-0.2, -0.15) is 0 Å². The Morgan fingerprint density at radius 1 is 1.18 bits per heavy atom. The third kappa shape index (κ3) is 7.18. The van der Waals surface area contributed by atoms with Crippen LogP contribution in [0, 0.1) is 11.8 Å². The van der Waals surface area contributed by atoms with E-state index < -0.39 is 15.6 Å². The van der Waals surface area contributed by atoms with Gasteiger partial charge in [0.1, 0.15) is 0 Å². The molecule has 2 unspecified atom stereocenters. The fourth-order valence-corrected chi connectivity index (χ4v) is 5.37. The molecule has 0 bridgehead atoms. The van der Waals surface area contributed by atoms with Gasteiger partial charge in [-0.25, -0.2) is 13.1 Å². The maximum atomic E-state index is 12.8. The second-order valence-corrected chi connectivity index (χ2v) is 10.4. The average molecular weight is 522 g/mol. The van der Waals surface area contributed by atoms with Crippen molar-refractivity contribution in [2.45, 2.75) is 58.0 Å². The fraction of sp³-hybridized carbons (Fsp3) is 0.650. The summed E-state index contributed by atoms with van der Waals surface area (Å²) >= 11 is 0. The van der Waals surface area contributed by atoms with E-state index in [1.54, 1.807) is 19.2 Å². The summed E-state index contributed by atoms with van der Waals surface area (Å²) in [4.78, 5) is 6.99. The van der Waals surface area contributed by atoms with Crippen LogP contribution < -0.4 is 10.0 Å². The summed E-state index contributed by atoms with van der Waals surface area (Å²) < 4.78 is 28.3. The van der Waals surface area contributed by atoms with E-state index in [2.05, 4.69) is 33.8 Å². The predicted molar refractivity (Wildman–Crippen MR) is 127 cm³/mol. The number of nitrogens with zero attached hydrogens (tertiary/aromatic N) is 2. The largest absolute Gasteiger partial charge is 0.352 e. The van der Waals surface area contributed by atoms with Crippen LogP contribution in [-0.4, -0.2) is 45.0 Å². The van der Waals surface area contributed by atoms with Gasteiger partial charge < -0.3 is 10.2 Å². The monoisotopic (exact) mass is 522 g/mol. The van der Waals surface area contributed by atoms with Gasteiger partial charge >= 0.3 is 0 Å². The molecule has 0 amide bonds. The Morgan fingerprint density at radius 3 is 2.29 bits per heavy atom. The number of rotatable bonds is 4. The first-order valence-electron chi connectivity index (χ1n) is 9.59. The van der Waals surface area contributed by atoms with Gasteiger partial charge in [0, 0.05) is 32.2 Å². The second-order valence-electron chi connectivity index (χ2n) is 8.72. The van der Waals surface area contributed by atoms with Crippen molar-refractivity contribution in [1.82, 2.24) is 14.9 Å². The molecule has 0 aliphatic carbocycles. The van der Waals surface area contributed by atoms with E-state index in [-0.39, 0.29) is 24.0 Å². The highest BCUT2D eigenvalue weighted by Gasteiger charge is 2.26. The van der Waals surface area contributed by atoms with Crippen molar-refractivity contribution >= 4 is 40.0 Å². The zero-order chi connectivity index (χ0) is 20.2. The first-order chi connectivity index (χ1) is 12.5. The van der Waals surface area contributed by atoms with Gasteiger partial charge in [-0.05, 0) is 50.7 Å². The molecule has 1 aliphatic rings. The van der Waals surface area contributed by atoms with Gasteiger partial charge in [0.25, 0.3) is 0 Å². The number of sulfonamides is 1. The summed E-state index contributed by atoms with van der Waals surface area (Å²) in [6.07, 6.45) is 1.23. The SMILES string of the molecule is CN=C(NCc1ccccc1S(=O)(=O)NC(C)(C)C)N1CC(C)CC(C)C1.I. The number of likely N-dealkylation sites (tertiary alicyclic amines) is 1. The molecule has 1 aromatic carbocycles. The van der Waals surface area contributed by atoms with Gasteiger partial charge in [0.05, 0.1) is 4.90 Å². The molecule has 1 fully saturated rings. The molecule has 0 spiro atoms. The van der Waals surface area contributed by atoms with Crippen LogP contribution in [0.15, 0.2) is 34.2 Å². The lowest BCUT2D eigenvalue weighted by Gasteiger charge is -2.37. The van der Waals surface area contributed by atoms with Gasteiger partial charge in [0.15, 0.2) is 5.96 Å². The predicted octanol–water partition coefficient (Wildman–Crippen LogP) is 3.43. The van der Waals surface area contributed by atoms with Crippen LogP contribution >= 0.6 is 24.0 Å². The molecule has 0 saturated carbocycles. The number of halogens is 1. The fourth-order valence-electron chi connectivity index (χ4n) is 3.71. The number of benzene rings is 1. The van der Waals surface area contributed by atoms with Crippen molar-refractivity contribution < 1.29 is 8.42 Å². The van der Waals surface area contributed by atoms with Crippen molar-refractivity contribution in [2.75, 3.05) is 20.1 Å². The molecular weight excluding hydrogens is 487 g/mol. The van der Waals surface area contributed by atoms with Gasteiger partial charge in [-0.1, -0.05) is 32.0 Å². The van der Waals surface area contributed by atoms with E-state index in [9.17, 15) is 8.42 Å². The van der Waals surface area contributed by atoms with Crippen molar-refractivity contribution in [3.63, 3.8) is 0 Å². The quantitative estimate of drug-likeness (QED) is 0.361. The Kier molecular flexibility index (Phi) is 9.21. The summed E-state index contributed by atoms with van der Waals surface area (Å²) in [5.41, 5.74) is 0.198. The minimum atomic E-state index is -3.59. The Morgan fingerprint density at radius 2 is 1.75 bits per heavy atom. The third-order valence-corrected chi connectivity index (χ3v) is 6.38. The number of nitrogens with one attached hydrogen (secondary N) is 2. The van der Waals surface area contributed by atoms with E-state index in [0.717, 1.165) is 24.6 Å². The van der Waals surface area contributed by atoms with Crippen LogP contribution in [0.1, 0.15) is 46.6 Å². The molecule has 0 aromatic heterocycles. The molecule has 6 nitrogen and oxygen atoms in total. The molecule has 28 heavy (non-hydrogen) atoms. The van der Waals surface area contributed by atoms with Gasteiger partial charge in [-0.15, -0.1) is 24.0 Å². The molecule has 2 N–H and O–H groups in total. The lowest BCUT2D eigenvalue weighted by Crippen LogP contribution is -2.48. The van der Waals surface area contributed by atoms with Crippen LogP contribution in [0.4, 0.5) is 0 Å². The highest BCUT2D eigenvalue weighted by Crippen LogP contribution is 2.21. The van der Waals surface area contributed by atoms with Crippen LogP contribution in [0.2, 0.25) is 0 Å². The Bertz CT molecular complexity index is 765. The van der Waals surface area contributed by atoms with E-state index in [1.165, 1.54) is 6.42 Å². The standard InChI is InChI=1S/C20H34N4O2S.HI/c1-15-11-16(2)14-24(13-15)19(21-6)22-12-17-9-7-8-10-18(17)27(25,26)23-20(3,4)5;/h7-10,15-16,23H,11-14H2,1-6H3,(H,21,22);1H. The van der Waals surface area contributed by atoms with Crippen LogP contribution in [0.25, 0.3) is 0 Å². The molecule has 2 atom stereocenters. The van der Waals surface area contributed by atoms with Crippen molar-refractivity contribution in [3.05, 3.63) is 29.8 Å². The first kappa shape index (κ1) is 25.2. The number of aliphatic imine (C=N–C) groups is 1. The topological polar surface area (TPSA) is 73.8 Å². The molecule has 0 radical (unpaired) electrons. The summed E-state index contributed by atoms with van der Waals surface area (Å²) in [5, 5.41) is 3.36. The zero-order valence-corrected chi connectivity index (χ0v) is 21.0. The minimum absolute atomic E-state index is 0. The minimum Gasteiger partial charge on any atom is -0.352 e. The lowest BCUT2D eigenvalue weighted by atomic mass is 9.92. The second kappa shape index (κ2) is 10.2. The highest BCUT2D eigenvalue weighted by molar-refractivity contribution is 14.0. The average Bonchev–Trinajstić information content (AvgIpc) is 2.52. The Labute approximate surface area is 187 Å². The Hall–Kier alpha value is -0.870.